The van der Waals surface area contributed by atoms with Gasteiger partial charge in [0, 0.05) is 19.6 Å². The van der Waals surface area contributed by atoms with Crippen molar-refractivity contribution in [1.82, 2.24) is 10.6 Å². The minimum Gasteiger partial charge on any atom is -0.357 e. The van der Waals surface area contributed by atoms with Crippen LogP contribution in [-0.2, 0) is 10.0 Å². The van der Waals surface area contributed by atoms with E-state index in [2.05, 4.69) is 34.2 Å². The first-order valence-electron chi connectivity index (χ1n) is 8.52. The molecule has 0 aliphatic heterocycles. The fourth-order valence-corrected chi connectivity index (χ4v) is 2.93. The van der Waals surface area contributed by atoms with Crippen LogP contribution in [0.5, 0.6) is 0 Å². The third-order valence-corrected chi connectivity index (χ3v) is 4.72. The van der Waals surface area contributed by atoms with Crippen LogP contribution in [0.3, 0.4) is 0 Å². The highest BCUT2D eigenvalue weighted by Crippen LogP contribution is 2.14. The summed E-state index contributed by atoms with van der Waals surface area (Å²) in [7, 11) is -3.57. The third-order valence-electron chi connectivity index (χ3n) is 3.43. The van der Waals surface area contributed by atoms with Crippen LogP contribution in [0.15, 0.2) is 23.2 Å². The lowest BCUT2D eigenvalue weighted by molar-refractivity contribution is 0.594. The number of benzene rings is 1. The minimum atomic E-state index is -3.57. The number of aliphatic imine (C=N–C) groups is 1. The van der Waals surface area contributed by atoms with E-state index in [0.717, 1.165) is 6.42 Å². The van der Waals surface area contributed by atoms with E-state index in [9.17, 15) is 12.8 Å². The normalized spacial score (nSPS) is 12.3. The van der Waals surface area contributed by atoms with E-state index in [1.165, 1.54) is 12.1 Å². The SMILES string of the molecule is CCNC(=NCCC(C)C)NCCS(=O)(=O)Nc1ccc(C)c(F)c1. The summed E-state index contributed by atoms with van der Waals surface area (Å²) >= 11 is 0. The van der Waals surface area contributed by atoms with Crippen molar-refractivity contribution in [1.29, 1.82) is 0 Å². The van der Waals surface area contributed by atoms with Gasteiger partial charge in [-0.3, -0.25) is 9.71 Å². The van der Waals surface area contributed by atoms with E-state index in [1.54, 1.807) is 13.0 Å². The molecule has 142 valence electrons. The predicted molar refractivity (Wildman–Crippen MR) is 102 cm³/mol. The van der Waals surface area contributed by atoms with Gasteiger partial charge in [-0.1, -0.05) is 19.9 Å². The van der Waals surface area contributed by atoms with E-state index in [0.29, 0.717) is 30.5 Å². The number of aryl methyl sites for hydroxylation is 1. The molecule has 0 heterocycles. The monoisotopic (exact) mass is 372 g/mol. The summed E-state index contributed by atoms with van der Waals surface area (Å²) in [4.78, 5) is 4.41. The van der Waals surface area contributed by atoms with Crippen LogP contribution in [0.2, 0.25) is 0 Å². The summed E-state index contributed by atoms with van der Waals surface area (Å²) in [6, 6.07) is 4.26. The quantitative estimate of drug-likeness (QED) is 0.459. The lowest BCUT2D eigenvalue weighted by Crippen LogP contribution is -2.40. The highest BCUT2D eigenvalue weighted by Gasteiger charge is 2.11. The summed E-state index contributed by atoms with van der Waals surface area (Å²) in [5, 5.41) is 6.08. The molecule has 0 bridgehead atoms. The molecule has 0 saturated carbocycles. The van der Waals surface area contributed by atoms with Crippen molar-refractivity contribution in [3.8, 4) is 0 Å². The maximum absolute atomic E-state index is 13.5. The second-order valence-corrected chi connectivity index (χ2v) is 8.10. The maximum Gasteiger partial charge on any atom is 0.234 e. The van der Waals surface area contributed by atoms with E-state index >= 15 is 0 Å². The van der Waals surface area contributed by atoms with Crippen LogP contribution in [0, 0.1) is 18.7 Å². The van der Waals surface area contributed by atoms with E-state index in [-0.39, 0.29) is 18.0 Å². The van der Waals surface area contributed by atoms with Gasteiger partial charge in [0.15, 0.2) is 5.96 Å². The Labute approximate surface area is 150 Å². The largest absolute Gasteiger partial charge is 0.357 e. The molecule has 0 fully saturated rings. The fourth-order valence-electron chi connectivity index (χ4n) is 1.97. The van der Waals surface area contributed by atoms with Crippen molar-refractivity contribution in [3.05, 3.63) is 29.6 Å². The van der Waals surface area contributed by atoms with Crippen molar-refractivity contribution < 1.29 is 12.8 Å². The van der Waals surface area contributed by atoms with Crippen molar-refractivity contribution in [2.45, 2.75) is 34.1 Å². The van der Waals surface area contributed by atoms with Crippen molar-refractivity contribution in [3.63, 3.8) is 0 Å². The Bertz CT molecular complexity index is 675. The van der Waals surface area contributed by atoms with Gasteiger partial charge in [-0.25, -0.2) is 12.8 Å². The molecule has 0 spiro atoms. The number of sulfonamides is 1. The average Bonchev–Trinajstić information content (AvgIpc) is 2.50. The van der Waals surface area contributed by atoms with Gasteiger partial charge in [0.05, 0.1) is 11.4 Å². The Kier molecular flexibility index (Phi) is 8.68. The smallest absolute Gasteiger partial charge is 0.234 e. The molecule has 3 N–H and O–H groups in total. The Balaban J connectivity index is 2.54. The zero-order valence-electron chi connectivity index (χ0n) is 15.4. The summed E-state index contributed by atoms with van der Waals surface area (Å²) < 4.78 is 40.1. The van der Waals surface area contributed by atoms with E-state index in [1.807, 2.05) is 6.92 Å². The molecule has 0 aromatic heterocycles. The summed E-state index contributed by atoms with van der Waals surface area (Å²) in [5.41, 5.74) is 0.693. The number of hydrogen-bond acceptors (Lipinski definition) is 3. The number of halogens is 1. The first-order chi connectivity index (χ1) is 11.7. The molecule has 1 rings (SSSR count). The summed E-state index contributed by atoms with van der Waals surface area (Å²) in [6.45, 7) is 9.41. The number of nitrogens with one attached hydrogen (secondary N) is 3. The zero-order chi connectivity index (χ0) is 18.9. The second kappa shape index (κ2) is 10.2. The molecule has 1 aromatic carbocycles. The van der Waals surface area contributed by atoms with Crippen LogP contribution >= 0.6 is 0 Å². The van der Waals surface area contributed by atoms with Gasteiger partial charge >= 0.3 is 0 Å². The van der Waals surface area contributed by atoms with Crippen molar-refractivity contribution in [2.24, 2.45) is 10.9 Å². The Morgan fingerprint density at radius 1 is 1.28 bits per heavy atom. The van der Waals surface area contributed by atoms with E-state index in [4.69, 9.17) is 0 Å². The second-order valence-electron chi connectivity index (χ2n) is 6.25. The third kappa shape index (κ3) is 8.72. The van der Waals surface area contributed by atoms with Crippen LogP contribution in [0.1, 0.15) is 32.8 Å². The zero-order valence-corrected chi connectivity index (χ0v) is 16.2. The number of anilines is 1. The van der Waals surface area contributed by atoms with Gasteiger partial charge in [-0.15, -0.1) is 0 Å². The van der Waals surface area contributed by atoms with Gasteiger partial charge in [0.25, 0.3) is 0 Å². The molecular weight excluding hydrogens is 343 g/mol. The van der Waals surface area contributed by atoms with Gasteiger partial charge in [0.1, 0.15) is 5.82 Å². The highest BCUT2D eigenvalue weighted by atomic mass is 32.2. The number of rotatable bonds is 9. The lowest BCUT2D eigenvalue weighted by Gasteiger charge is -2.13. The molecule has 6 nitrogen and oxygen atoms in total. The molecule has 1 aromatic rings. The van der Waals surface area contributed by atoms with Crippen LogP contribution in [-0.4, -0.2) is 39.8 Å². The number of nitrogens with zero attached hydrogens (tertiary/aromatic N) is 1. The Morgan fingerprint density at radius 2 is 2.00 bits per heavy atom. The molecule has 25 heavy (non-hydrogen) atoms. The molecular formula is C17H29FN4O2S. The van der Waals surface area contributed by atoms with Gasteiger partial charge in [0.2, 0.25) is 10.0 Å². The molecule has 0 saturated heterocycles. The van der Waals surface area contributed by atoms with Gasteiger partial charge in [-0.05, 0) is 43.9 Å². The fraction of sp³-hybridized carbons (Fsp3) is 0.588. The van der Waals surface area contributed by atoms with Crippen LogP contribution in [0.25, 0.3) is 0 Å². The Morgan fingerprint density at radius 3 is 2.60 bits per heavy atom. The molecule has 8 heteroatoms. The molecule has 0 radical (unpaired) electrons. The molecule has 0 aliphatic carbocycles. The first kappa shape index (κ1) is 21.2. The number of guanidine groups is 1. The first-order valence-corrected chi connectivity index (χ1v) is 10.2. The topological polar surface area (TPSA) is 82.6 Å². The van der Waals surface area contributed by atoms with Crippen molar-refractivity contribution >= 4 is 21.7 Å². The minimum absolute atomic E-state index is 0.142. The van der Waals surface area contributed by atoms with Gasteiger partial charge < -0.3 is 10.6 Å². The summed E-state index contributed by atoms with van der Waals surface area (Å²) in [6.07, 6.45) is 0.968. The summed E-state index contributed by atoms with van der Waals surface area (Å²) in [5.74, 6) is 0.577. The molecule has 0 amide bonds. The van der Waals surface area contributed by atoms with Crippen LogP contribution < -0.4 is 15.4 Å². The maximum atomic E-state index is 13.5. The van der Waals surface area contributed by atoms with Crippen molar-refractivity contribution in [2.75, 3.05) is 30.1 Å². The average molecular weight is 373 g/mol. The molecule has 0 aliphatic rings. The number of hydrogen-bond donors (Lipinski definition) is 3. The highest BCUT2D eigenvalue weighted by molar-refractivity contribution is 7.92. The lowest BCUT2D eigenvalue weighted by atomic mass is 10.1. The molecule has 0 atom stereocenters. The predicted octanol–water partition coefficient (Wildman–Crippen LogP) is 2.48. The van der Waals surface area contributed by atoms with E-state index < -0.39 is 15.8 Å². The van der Waals surface area contributed by atoms with Crippen LogP contribution in [0.4, 0.5) is 10.1 Å². The van der Waals surface area contributed by atoms with Gasteiger partial charge in [-0.2, -0.15) is 0 Å². The molecule has 0 unspecified atom stereocenters. The Hall–Kier alpha value is -1.83. The standard InChI is InChI=1S/C17H29FN4O2S/c1-5-19-17(20-9-8-13(2)3)21-10-11-25(23,24)22-15-7-6-14(4)16(18)12-15/h6-7,12-13,22H,5,8-11H2,1-4H3,(H2,19,20,21).